The van der Waals surface area contributed by atoms with Crippen LogP contribution in [0.15, 0.2) is 0 Å². The van der Waals surface area contributed by atoms with E-state index in [4.69, 9.17) is 15.0 Å². The molecule has 2 atom stereocenters. The predicted molar refractivity (Wildman–Crippen MR) is 68.6 cm³/mol. The largest absolute Gasteiger partial charge is 0.446 e. The van der Waals surface area contributed by atoms with E-state index < -0.39 is 36.6 Å². The molecule has 21 heavy (non-hydrogen) atoms. The van der Waals surface area contributed by atoms with Gasteiger partial charge in [0.2, 0.25) is 0 Å². The number of rotatable bonds is 5. The minimum absolute atomic E-state index is 0.0828. The summed E-state index contributed by atoms with van der Waals surface area (Å²) in [4.78, 5) is 15.2. The van der Waals surface area contributed by atoms with E-state index in [1.165, 1.54) is 0 Å². The van der Waals surface area contributed by atoms with Crippen molar-refractivity contribution in [1.82, 2.24) is 0 Å². The summed E-state index contributed by atoms with van der Waals surface area (Å²) >= 11 is 0. The fourth-order valence-corrected chi connectivity index (χ4v) is 3.71. The Hall–Kier alpha value is -0.920. The molecule has 0 aromatic carbocycles. The minimum Gasteiger partial charge on any atom is -0.392 e. The maximum absolute atomic E-state index is 12.4. The summed E-state index contributed by atoms with van der Waals surface area (Å²) in [5, 5.41) is 10.1. The van der Waals surface area contributed by atoms with Crippen molar-refractivity contribution in [3.05, 3.63) is 5.53 Å². The number of nitrogens with zero attached hydrogens (tertiary/aromatic N) is 2. The van der Waals surface area contributed by atoms with E-state index in [-0.39, 0.29) is 12.8 Å². The second kappa shape index (κ2) is 6.06. The van der Waals surface area contributed by atoms with Crippen LogP contribution < -0.4 is 0 Å². The topological polar surface area (TPSA) is 128 Å². The van der Waals surface area contributed by atoms with Gasteiger partial charge in [-0.3, -0.25) is 4.79 Å². The van der Waals surface area contributed by atoms with Gasteiger partial charge in [0.25, 0.3) is 5.78 Å². The van der Waals surface area contributed by atoms with Gasteiger partial charge in [0.1, 0.15) is 0 Å². The van der Waals surface area contributed by atoms with Gasteiger partial charge in [0.05, 0.1) is 25.2 Å². The average molecular weight is 320 g/mol. The van der Waals surface area contributed by atoms with Gasteiger partial charge in [-0.1, -0.05) is 0 Å². The first-order valence-corrected chi connectivity index (χ1v) is 7.90. The van der Waals surface area contributed by atoms with Crippen LogP contribution in [-0.2, 0) is 27.9 Å². The Morgan fingerprint density at radius 3 is 2.38 bits per heavy atom. The number of ether oxygens (including phenoxy) is 2. The summed E-state index contributed by atoms with van der Waals surface area (Å²) in [6.07, 6.45) is -0.860. The van der Waals surface area contributed by atoms with Crippen molar-refractivity contribution >= 4 is 18.8 Å². The summed E-state index contributed by atoms with van der Waals surface area (Å²) in [5.41, 5.74) is 8.24. The van der Waals surface area contributed by atoms with Crippen LogP contribution in [0.4, 0.5) is 0 Å². The Bertz CT molecular complexity index is 517. The Kier molecular flexibility index (Phi) is 4.75. The number of Topliss-reactive ketones (excluding diaryl/α,β-unsaturated/α-hetero) is 1. The normalized spacial score (nSPS) is 27.8. The van der Waals surface area contributed by atoms with Crippen LogP contribution in [0.2, 0.25) is 0 Å². The van der Waals surface area contributed by atoms with E-state index in [1.54, 1.807) is 0 Å². The van der Waals surface area contributed by atoms with Crippen molar-refractivity contribution < 1.29 is 37.8 Å². The molecule has 0 aromatic rings. The van der Waals surface area contributed by atoms with Crippen molar-refractivity contribution in [1.29, 1.82) is 0 Å². The fourth-order valence-electron chi connectivity index (χ4n) is 2.67. The molecule has 2 fully saturated rings. The molecule has 1 saturated heterocycles. The first-order valence-electron chi connectivity index (χ1n) is 6.35. The Labute approximate surface area is 121 Å². The summed E-state index contributed by atoms with van der Waals surface area (Å²) in [6.45, 7) is 0.756. The fraction of sp³-hybridized carbons (Fsp3) is 0.818. The zero-order chi connectivity index (χ0) is 15.7. The number of hydrogen-bond acceptors (Lipinski definition) is 7. The predicted octanol–water partition coefficient (Wildman–Crippen LogP) is 0.184. The molecule has 0 aromatic heterocycles. The smallest absolute Gasteiger partial charge is 0.392 e. The first kappa shape index (κ1) is 16.5. The number of carbonyl (C=O) groups is 1. The van der Waals surface area contributed by atoms with E-state index in [0.29, 0.717) is 13.2 Å². The molecule has 0 radical (unpaired) electrons. The lowest BCUT2D eigenvalue weighted by atomic mass is 10.0. The van der Waals surface area contributed by atoms with Gasteiger partial charge in [-0.2, -0.15) is 4.79 Å². The zero-order valence-electron chi connectivity index (χ0n) is 11.7. The van der Waals surface area contributed by atoms with Crippen molar-refractivity contribution in [2.75, 3.05) is 27.4 Å². The average Bonchev–Trinajstić information content (AvgIpc) is 3.06. The van der Waals surface area contributed by atoms with Crippen LogP contribution >= 0.6 is 7.60 Å². The monoisotopic (exact) mass is 320 g/mol. The van der Waals surface area contributed by atoms with Crippen LogP contribution in [0.3, 0.4) is 0 Å². The van der Waals surface area contributed by atoms with Gasteiger partial charge < -0.3 is 29.2 Å². The lowest BCUT2D eigenvalue weighted by Crippen LogP contribution is -2.31. The highest BCUT2D eigenvalue weighted by atomic mass is 31.2. The van der Waals surface area contributed by atoms with Crippen LogP contribution in [-0.4, -0.2) is 60.5 Å². The summed E-state index contributed by atoms with van der Waals surface area (Å²) < 4.78 is 32.4. The molecule has 1 saturated carbocycles. The summed E-state index contributed by atoms with van der Waals surface area (Å²) in [6, 6.07) is 0. The number of aliphatic hydroxyl groups is 1. The highest BCUT2D eigenvalue weighted by Crippen LogP contribution is 2.50. The molecule has 118 valence electrons. The van der Waals surface area contributed by atoms with Crippen LogP contribution in [0.25, 0.3) is 5.53 Å². The van der Waals surface area contributed by atoms with E-state index in [0.717, 1.165) is 14.2 Å². The third-order valence-corrected chi connectivity index (χ3v) is 5.51. The maximum atomic E-state index is 12.4. The molecule has 1 heterocycles. The summed E-state index contributed by atoms with van der Waals surface area (Å²) in [5.74, 6) is -2.79. The van der Waals surface area contributed by atoms with Crippen LogP contribution in [0, 0.1) is 5.92 Å². The van der Waals surface area contributed by atoms with E-state index in [9.17, 15) is 14.5 Å². The molecule has 2 rings (SSSR count). The van der Waals surface area contributed by atoms with Gasteiger partial charge in [-0.05, 0) is 0 Å². The molecule has 9 nitrogen and oxygen atoms in total. The highest BCUT2D eigenvalue weighted by Gasteiger charge is 2.56. The third-order valence-electron chi connectivity index (χ3n) is 3.72. The molecule has 0 amide bonds. The van der Waals surface area contributed by atoms with E-state index in [1.807, 2.05) is 0 Å². The minimum atomic E-state index is -4.01. The number of hydrogen-bond donors (Lipinski definition) is 1. The second-order valence-corrected chi connectivity index (χ2v) is 6.99. The molecular formula is C11H17N2O7P. The third kappa shape index (κ3) is 2.86. The Balaban J connectivity index is 2.23. The van der Waals surface area contributed by atoms with Gasteiger partial charge >= 0.3 is 13.0 Å². The standard InChI is InChI=1S/C11H17N2O7P/c1-17-21(16,18-2)10(13-12)9(15)7-5-11(6-8(7)14)19-3-4-20-11/h7-8,14H,3-6H2,1-2H3/t7-,8+/m0/s1. The zero-order valence-corrected chi connectivity index (χ0v) is 12.6. The molecule has 1 aliphatic heterocycles. The molecular weight excluding hydrogens is 303 g/mol. The lowest BCUT2D eigenvalue weighted by Gasteiger charge is -2.20. The van der Waals surface area contributed by atoms with Crippen LogP contribution in [0.1, 0.15) is 12.8 Å². The number of carbonyl (C=O) groups excluding carboxylic acids is 1. The lowest BCUT2D eigenvalue weighted by molar-refractivity contribution is -0.157. The molecule has 0 unspecified atom stereocenters. The van der Waals surface area contributed by atoms with E-state index >= 15 is 0 Å². The van der Waals surface area contributed by atoms with Crippen molar-refractivity contribution in [2.45, 2.75) is 24.7 Å². The van der Waals surface area contributed by atoms with Gasteiger partial charge in [0.15, 0.2) is 5.79 Å². The molecule has 1 aliphatic carbocycles. The molecule has 1 N–H and O–H groups in total. The van der Waals surface area contributed by atoms with Gasteiger partial charge in [0, 0.05) is 27.1 Å². The Morgan fingerprint density at radius 1 is 1.33 bits per heavy atom. The van der Waals surface area contributed by atoms with Gasteiger partial charge in [-0.15, -0.1) is 0 Å². The van der Waals surface area contributed by atoms with E-state index in [2.05, 4.69) is 13.8 Å². The quantitative estimate of drug-likeness (QED) is 0.331. The van der Waals surface area contributed by atoms with Gasteiger partial charge in [-0.25, -0.2) is 4.57 Å². The SMILES string of the molecule is COP(=O)(OC)C(=[N+]=[N-])C(=O)[C@H]1CC2(C[C@H]1O)OCCO2. The maximum Gasteiger partial charge on any atom is 0.446 e. The molecule has 10 heteroatoms. The second-order valence-electron chi connectivity index (χ2n) is 4.84. The first-order chi connectivity index (χ1) is 9.91. The van der Waals surface area contributed by atoms with Crippen molar-refractivity contribution in [3.63, 3.8) is 0 Å². The van der Waals surface area contributed by atoms with Crippen LogP contribution in [0.5, 0.6) is 0 Å². The molecule has 1 spiro atoms. The van der Waals surface area contributed by atoms with Crippen molar-refractivity contribution in [3.8, 4) is 0 Å². The Morgan fingerprint density at radius 2 is 1.90 bits per heavy atom. The summed E-state index contributed by atoms with van der Waals surface area (Å²) in [7, 11) is -1.88. The number of aliphatic hydroxyl groups excluding tert-OH is 1. The highest BCUT2D eigenvalue weighted by molar-refractivity contribution is 7.74. The molecule has 0 bridgehead atoms. The number of ketones is 1. The molecule has 2 aliphatic rings. The van der Waals surface area contributed by atoms with Crippen molar-refractivity contribution in [2.24, 2.45) is 5.92 Å².